The molecule has 0 radical (unpaired) electrons. The van der Waals surface area contributed by atoms with Crippen molar-refractivity contribution in [3.8, 4) is 0 Å². The van der Waals surface area contributed by atoms with Gasteiger partial charge in [-0.15, -0.1) is 0 Å². The van der Waals surface area contributed by atoms with E-state index in [9.17, 15) is 4.79 Å². The fourth-order valence-corrected chi connectivity index (χ4v) is 1.46. The van der Waals surface area contributed by atoms with E-state index >= 15 is 0 Å². The van der Waals surface area contributed by atoms with Crippen LogP contribution in [0.1, 0.15) is 13.3 Å². The summed E-state index contributed by atoms with van der Waals surface area (Å²) >= 11 is 0. The lowest BCUT2D eigenvalue weighted by molar-refractivity contribution is -0.130. The molecule has 1 amide bonds. The Balaban J connectivity index is 2.40. The maximum Gasteiger partial charge on any atom is 0.223 e. The van der Waals surface area contributed by atoms with Crippen LogP contribution in [-0.2, 0) is 4.79 Å². The first kappa shape index (κ1) is 10.5. The quantitative estimate of drug-likeness (QED) is 0.617. The molecule has 3 N–H and O–H groups in total. The van der Waals surface area contributed by atoms with Crippen LogP contribution in [-0.4, -0.2) is 43.5 Å². The molecule has 1 aliphatic rings. The summed E-state index contributed by atoms with van der Waals surface area (Å²) in [6.45, 7) is 6.07. The van der Waals surface area contributed by atoms with E-state index in [-0.39, 0.29) is 5.91 Å². The first-order valence-corrected chi connectivity index (χ1v) is 4.92. The molecule has 0 aliphatic carbocycles. The Morgan fingerprint density at radius 2 is 2.38 bits per heavy atom. The molecule has 0 aromatic heterocycles. The fraction of sp³-hybridized carbons (Fsp3) is 0.889. The topological polar surface area (TPSA) is 58.4 Å². The number of hydrogen-bond acceptors (Lipinski definition) is 3. The van der Waals surface area contributed by atoms with E-state index in [1.54, 1.807) is 0 Å². The number of nitrogens with zero attached hydrogens (tertiary/aromatic N) is 1. The van der Waals surface area contributed by atoms with Crippen LogP contribution in [0.4, 0.5) is 0 Å². The molecule has 0 saturated carbocycles. The Kier molecular flexibility index (Phi) is 4.18. The second kappa shape index (κ2) is 5.19. The van der Waals surface area contributed by atoms with Gasteiger partial charge in [0.2, 0.25) is 5.91 Å². The largest absolute Gasteiger partial charge is 0.341 e. The summed E-state index contributed by atoms with van der Waals surface area (Å²) in [5, 5.41) is 3.21. The lowest BCUT2D eigenvalue weighted by Gasteiger charge is -2.23. The highest BCUT2D eigenvalue weighted by molar-refractivity contribution is 5.76. The zero-order valence-corrected chi connectivity index (χ0v) is 8.25. The number of carbonyl (C=O) groups excluding carboxylic acids is 1. The monoisotopic (exact) mass is 185 g/mol. The van der Waals surface area contributed by atoms with E-state index < -0.39 is 0 Å². The molecular weight excluding hydrogens is 166 g/mol. The van der Waals surface area contributed by atoms with E-state index in [1.807, 2.05) is 4.90 Å². The molecule has 0 bridgehead atoms. The molecule has 0 spiro atoms. The molecule has 0 aromatic carbocycles. The van der Waals surface area contributed by atoms with Crippen LogP contribution in [0.3, 0.4) is 0 Å². The van der Waals surface area contributed by atoms with Crippen LogP contribution in [0.5, 0.6) is 0 Å². The van der Waals surface area contributed by atoms with Gasteiger partial charge in [0.25, 0.3) is 0 Å². The van der Waals surface area contributed by atoms with Crippen molar-refractivity contribution in [3.05, 3.63) is 0 Å². The Morgan fingerprint density at radius 3 is 3.08 bits per heavy atom. The zero-order chi connectivity index (χ0) is 9.68. The summed E-state index contributed by atoms with van der Waals surface area (Å²) in [6, 6.07) is 0. The Hall–Kier alpha value is -0.610. The van der Waals surface area contributed by atoms with Gasteiger partial charge in [-0.05, 0) is 12.5 Å². The maximum atomic E-state index is 11.5. The van der Waals surface area contributed by atoms with Crippen molar-refractivity contribution in [2.24, 2.45) is 11.7 Å². The second-order valence-corrected chi connectivity index (χ2v) is 3.68. The standard InChI is InChI=1S/C9H19N3O/c1-8(6-10)7-12-5-4-11-3-2-9(12)13/h8,11H,2-7,10H2,1H3. The van der Waals surface area contributed by atoms with Crippen LogP contribution in [0, 0.1) is 5.92 Å². The Morgan fingerprint density at radius 1 is 1.62 bits per heavy atom. The normalized spacial score (nSPS) is 21.4. The van der Waals surface area contributed by atoms with Crippen molar-refractivity contribution in [1.82, 2.24) is 10.2 Å². The molecule has 1 fully saturated rings. The molecule has 1 saturated heterocycles. The van der Waals surface area contributed by atoms with Crippen molar-refractivity contribution in [3.63, 3.8) is 0 Å². The molecule has 76 valence electrons. The number of rotatable bonds is 3. The summed E-state index contributed by atoms with van der Waals surface area (Å²) in [7, 11) is 0. The second-order valence-electron chi connectivity index (χ2n) is 3.68. The van der Waals surface area contributed by atoms with Gasteiger partial charge in [-0.3, -0.25) is 4.79 Å². The van der Waals surface area contributed by atoms with Gasteiger partial charge >= 0.3 is 0 Å². The van der Waals surface area contributed by atoms with Gasteiger partial charge in [0.05, 0.1) is 0 Å². The van der Waals surface area contributed by atoms with Gasteiger partial charge in [0.1, 0.15) is 0 Å². The molecule has 13 heavy (non-hydrogen) atoms. The molecule has 1 rings (SSSR count). The highest BCUT2D eigenvalue weighted by Crippen LogP contribution is 2.02. The van der Waals surface area contributed by atoms with Gasteiger partial charge < -0.3 is 16.0 Å². The smallest absolute Gasteiger partial charge is 0.223 e. The van der Waals surface area contributed by atoms with Gasteiger partial charge in [0, 0.05) is 32.6 Å². The number of amides is 1. The van der Waals surface area contributed by atoms with Gasteiger partial charge in [0.15, 0.2) is 0 Å². The third kappa shape index (κ3) is 3.32. The third-order valence-electron chi connectivity index (χ3n) is 2.36. The summed E-state index contributed by atoms with van der Waals surface area (Å²) in [6.07, 6.45) is 0.622. The summed E-state index contributed by atoms with van der Waals surface area (Å²) in [5.74, 6) is 0.660. The number of carbonyl (C=O) groups is 1. The molecule has 1 atom stereocenters. The van der Waals surface area contributed by atoms with Crippen molar-refractivity contribution >= 4 is 5.91 Å². The highest BCUT2D eigenvalue weighted by Gasteiger charge is 2.17. The van der Waals surface area contributed by atoms with E-state index in [4.69, 9.17) is 5.73 Å². The SMILES string of the molecule is CC(CN)CN1CCNCCC1=O. The third-order valence-corrected chi connectivity index (χ3v) is 2.36. The van der Waals surface area contributed by atoms with E-state index in [1.165, 1.54) is 0 Å². The summed E-state index contributed by atoms with van der Waals surface area (Å²) in [5.41, 5.74) is 5.52. The van der Waals surface area contributed by atoms with Gasteiger partial charge in [-0.1, -0.05) is 6.92 Å². The van der Waals surface area contributed by atoms with Crippen LogP contribution >= 0.6 is 0 Å². The minimum Gasteiger partial charge on any atom is -0.341 e. The minimum atomic E-state index is 0.255. The number of hydrogen-bond donors (Lipinski definition) is 2. The minimum absolute atomic E-state index is 0.255. The first-order valence-electron chi connectivity index (χ1n) is 4.92. The molecule has 4 heteroatoms. The van der Waals surface area contributed by atoms with Crippen LogP contribution < -0.4 is 11.1 Å². The van der Waals surface area contributed by atoms with Gasteiger partial charge in [-0.25, -0.2) is 0 Å². The molecule has 0 aromatic rings. The van der Waals surface area contributed by atoms with Crippen molar-refractivity contribution in [2.75, 3.05) is 32.7 Å². The van der Waals surface area contributed by atoms with Crippen LogP contribution in [0.15, 0.2) is 0 Å². The van der Waals surface area contributed by atoms with E-state index in [0.29, 0.717) is 18.9 Å². The van der Waals surface area contributed by atoms with E-state index in [0.717, 1.165) is 26.2 Å². The van der Waals surface area contributed by atoms with Crippen molar-refractivity contribution in [1.29, 1.82) is 0 Å². The predicted octanol–water partition coefficient (Wildman–Crippen LogP) is -0.597. The van der Waals surface area contributed by atoms with Crippen LogP contribution in [0.2, 0.25) is 0 Å². The average Bonchev–Trinajstić information content (AvgIpc) is 2.32. The molecule has 1 heterocycles. The fourth-order valence-electron chi connectivity index (χ4n) is 1.46. The first-order chi connectivity index (χ1) is 6.24. The summed E-state index contributed by atoms with van der Waals surface area (Å²) in [4.78, 5) is 13.4. The van der Waals surface area contributed by atoms with Crippen LogP contribution in [0.25, 0.3) is 0 Å². The molecule has 1 unspecified atom stereocenters. The van der Waals surface area contributed by atoms with Crippen molar-refractivity contribution in [2.45, 2.75) is 13.3 Å². The molecule has 1 aliphatic heterocycles. The molecule has 4 nitrogen and oxygen atoms in total. The summed E-state index contributed by atoms with van der Waals surface area (Å²) < 4.78 is 0. The van der Waals surface area contributed by atoms with Gasteiger partial charge in [-0.2, -0.15) is 0 Å². The zero-order valence-electron chi connectivity index (χ0n) is 8.25. The lowest BCUT2D eigenvalue weighted by Crippen LogP contribution is -2.37. The lowest BCUT2D eigenvalue weighted by atomic mass is 10.1. The number of nitrogens with one attached hydrogen (secondary N) is 1. The van der Waals surface area contributed by atoms with Crippen molar-refractivity contribution < 1.29 is 4.79 Å². The molecular formula is C9H19N3O. The van der Waals surface area contributed by atoms with E-state index in [2.05, 4.69) is 12.2 Å². The Labute approximate surface area is 79.5 Å². The average molecular weight is 185 g/mol. The maximum absolute atomic E-state index is 11.5. The Bertz CT molecular complexity index is 172. The predicted molar refractivity (Wildman–Crippen MR) is 52.3 cm³/mol. The number of nitrogens with two attached hydrogens (primary N) is 1. The highest BCUT2D eigenvalue weighted by atomic mass is 16.2.